The van der Waals surface area contributed by atoms with Gasteiger partial charge >= 0.3 is 5.97 Å². The molecule has 0 aromatic carbocycles. The number of carboxylic acids is 1. The molecule has 1 aromatic heterocycles. The first-order valence-electron chi connectivity index (χ1n) is 8.15. The molecule has 2 aliphatic heterocycles. The minimum absolute atomic E-state index is 0.215. The van der Waals surface area contributed by atoms with Crippen molar-refractivity contribution < 1.29 is 9.90 Å². The van der Waals surface area contributed by atoms with Crippen LogP contribution in [-0.4, -0.2) is 52.1 Å². The van der Waals surface area contributed by atoms with Crippen LogP contribution < -0.4 is 4.90 Å². The molecule has 3 heterocycles. The summed E-state index contributed by atoms with van der Waals surface area (Å²) in [6.45, 7) is 8.77. The van der Waals surface area contributed by atoms with Gasteiger partial charge in [0.1, 0.15) is 0 Å². The molecule has 0 atom stereocenters. The molecule has 1 N–H and O–H groups in total. The summed E-state index contributed by atoms with van der Waals surface area (Å²) in [7, 11) is 0. The lowest BCUT2D eigenvalue weighted by Crippen LogP contribution is -2.38. The summed E-state index contributed by atoms with van der Waals surface area (Å²) in [4.78, 5) is 25.1. The van der Waals surface area contributed by atoms with Gasteiger partial charge in [-0.25, -0.2) is 9.97 Å². The second kappa shape index (κ2) is 6.20. The number of aryl methyl sites for hydroxylation is 1. The summed E-state index contributed by atoms with van der Waals surface area (Å²) < 4.78 is 0. The molecule has 1 fully saturated rings. The van der Waals surface area contributed by atoms with Crippen molar-refractivity contribution in [3.05, 3.63) is 17.0 Å². The van der Waals surface area contributed by atoms with Gasteiger partial charge in [0.15, 0.2) is 0 Å². The van der Waals surface area contributed by atoms with Gasteiger partial charge in [-0.15, -0.1) is 0 Å². The highest BCUT2D eigenvalue weighted by atomic mass is 16.4. The van der Waals surface area contributed by atoms with Crippen molar-refractivity contribution in [2.75, 3.05) is 31.1 Å². The molecule has 0 radical (unpaired) electrons. The summed E-state index contributed by atoms with van der Waals surface area (Å²) >= 11 is 0. The van der Waals surface area contributed by atoms with E-state index in [-0.39, 0.29) is 5.92 Å². The van der Waals surface area contributed by atoms with E-state index in [2.05, 4.69) is 28.6 Å². The van der Waals surface area contributed by atoms with Crippen LogP contribution in [0.15, 0.2) is 0 Å². The molecule has 0 unspecified atom stereocenters. The van der Waals surface area contributed by atoms with E-state index < -0.39 is 5.97 Å². The van der Waals surface area contributed by atoms with E-state index in [4.69, 9.17) is 10.1 Å². The van der Waals surface area contributed by atoms with E-state index in [1.54, 1.807) is 0 Å². The second-order valence-electron chi connectivity index (χ2n) is 6.25. The topological polar surface area (TPSA) is 69.6 Å². The molecule has 6 nitrogen and oxygen atoms in total. The van der Waals surface area contributed by atoms with Crippen molar-refractivity contribution in [3.8, 4) is 0 Å². The number of hydrogen-bond acceptors (Lipinski definition) is 5. The Labute approximate surface area is 131 Å². The molecule has 6 heteroatoms. The number of aromatic nitrogens is 2. The van der Waals surface area contributed by atoms with Gasteiger partial charge < -0.3 is 10.0 Å². The Kier molecular flexibility index (Phi) is 4.29. The maximum atomic E-state index is 11.0. The van der Waals surface area contributed by atoms with E-state index in [1.807, 2.05) is 0 Å². The predicted molar refractivity (Wildman–Crippen MR) is 84.0 cm³/mol. The molecular formula is C16H24N4O2. The largest absolute Gasteiger partial charge is 0.481 e. The Morgan fingerprint density at radius 2 is 2.00 bits per heavy atom. The zero-order valence-corrected chi connectivity index (χ0v) is 13.4. The molecule has 1 aromatic rings. The van der Waals surface area contributed by atoms with Crippen molar-refractivity contribution in [1.29, 1.82) is 0 Å². The third-order valence-electron chi connectivity index (χ3n) is 4.91. The highest BCUT2D eigenvalue weighted by Gasteiger charge is 2.27. The number of carboxylic acid groups (broad SMARTS) is 1. The van der Waals surface area contributed by atoms with Crippen molar-refractivity contribution >= 4 is 11.9 Å². The van der Waals surface area contributed by atoms with Crippen LogP contribution in [0.5, 0.6) is 0 Å². The van der Waals surface area contributed by atoms with Crippen LogP contribution in [0.25, 0.3) is 0 Å². The van der Waals surface area contributed by atoms with Gasteiger partial charge in [-0.1, -0.05) is 6.92 Å². The van der Waals surface area contributed by atoms with E-state index >= 15 is 0 Å². The number of rotatable bonds is 3. The molecule has 0 bridgehead atoms. The molecule has 0 amide bonds. The molecule has 1 saturated heterocycles. The smallest absolute Gasteiger partial charge is 0.306 e. The average Bonchev–Trinajstić information content (AvgIpc) is 2.54. The van der Waals surface area contributed by atoms with Crippen LogP contribution in [0, 0.1) is 12.8 Å². The second-order valence-corrected chi connectivity index (χ2v) is 6.25. The van der Waals surface area contributed by atoms with E-state index in [0.29, 0.717) is 12.8 Å². The minimum Gasteiger partial charge on any atom is -0.481 e. The molecule has 3 rings (SSSR count). The van der Waals surface area contributed by atoms with Gasteiger partial charge in [-0.05, 0) is 26.3 Å². The first-order chi connectivity index (χ1) is 10.6. The van der Waals surface area contributed by atoms with Gasteiger partial charge in [0.25, 0.3) is 0 Å². The van der Waals surface area contributed by atoms with Crippen LogP contribution in [-0.2, 0) is 17.8 Å². The lowest BCUT2D eigenvalue weighted by Gasteiger charge is -2.32. The Bertz CT molecular complexity index is 568. The number of hydrogen-bond donors (Lipinski definition) is 1. The summed E-state index contributed by atoms with van der Waals surface area (Å²) in [5.74, 6) is -0.111. The summed E-state index contributed by atoms with van der Waals surface area (Å²) in [6, 6.07) is 0. The number of fused-ring (bicyclic) bond motifs is 1. The van der Waals surface area contributed by atoms with Crippen molar-refractivity contribution in [2.45, 2.75) is 39.7 Å². The van der Waals surface area contributed by atoms with E-state index in [0.717, 1.165) is 50.8 Å². The first-order valence-corrected chi connectivity index (χ1v) is 8.15. The van der Waals surface area contributed by atoms with E-state index in [9.17, 15) is 4.79 Å². The maximum Gasteiger partial charge on any atom is 0.306 e. The average molecular weight is 304 g/mol. The molecule has 0 spiro atoms. The predicted octanol–water partition coefficient (Wildman–Crippen LogP) is 1.46. The number of aliphatic carboxylic acids is 1. The third kappa shape index (κ3) is 2.92. The zero-order valence-electron chi connectivity index (χ0n) is 13.4. The van der Waals surface area contributed by atoms with Gasteiger partial charge in [-0.2, -0.15) is 0 Å². The van der Waals surface area contributed by atoms with Gasteiger partial charge in [0.2, 0.25) is 5.95 Å². The standard InChI is InChI=1S/C16H24N4O2/c1-3-19-7-6-14-13(10-19)11(2)17-16(18-14)20-8-4-12(5-9-20)15(21)22/h12H,3-10H2,1-2H3,(H,21,22). The van der Waals surface area contributed by atoms with E-state index in [1.165, 1.54) is 11.3 Å². The summed E-state index contributed by atoms with van der Waals surface area (Å²) in [6.07, 6.45) is 2.34. The normalized spacial score (nSPS) is 20.0. The van der Waals surface area contributed by atoms with Crippen LogP contribution in [0.4, 0.5) is 5.95 Å². The number of likely N-dealkylation sites (N-methyl/N-ethyl adjacent to an activating group) is 1. The van der Waals surface area contributed by atoms with Gasteiger partial charge in [-0.3, -0.25) is 9.69 Å². The lowest BCUT2D eigenvalue weighted by atomic mass is 9.97. The van der Waals surface area contributed by atoms with Gasteiger partial charge in [0.05, 0.1) is 11.6 Å². The molecule has 120 valence electrons. The first kappa shape index (κ1) is 15.2. The van der Waals surface area contributed by atoms with Crippen LogP contribution in [0.3, 0.4) is 0 Å². The molecule has 0 saturated carbocycles. The number of anilines is 1. The maximum absolute atomic E-state index is 11.0. The molecular weight excluding hydrogens is 280 g/mol. The Hall–Kier alpha value is -1.69. The highest BCUT2D eigenvalue weighted by molar-refractivity contribution is 5.70. The fourth-order valence-electron chi connectivity index (χ4n) is 3.36. The van der Waals surface area contributed by atoms with Crippen molar-refractivity contribution in [3.63, 3.8) is 0 Å². The molecule has 0 aliphatic carbocycles. The Morgan fingerprint density at radius 1 is 1.27 bits per heavy atom. The lowest BCUT2D eigenvalue weighted by molar-refractivity contribution is -0.142. The van der Waals surface area contributed by atoms with Crippen molar-refractivity contribution in [2.24, 2.45) is 5.92 Å². The monoisotopic (exact) mass is 304 g/mol. The fourth-order valence-corrected chi connectivity index (χ4v) is 3.36. The molecule has 22 heavy (non-hydrogen) atoms. The highest BCUT2D eigenvalue weighted by Crippen LogP contribution is 2.25. The quantitative estimate of drug-likeness (QED) is 0.912. The van der Waals surface area contributed by atoms with Crippen LogP contribution in [0.2, 0.25) is 0 Å². The fraction of sp³-hybridized carbons (Fsp3) is 0.688. The summed E-state index contributed by atoms with van der Waals surface area (Å²) in [5.41, 5.74) is 3.52. The van der Waals surface area contributed by atoms with Crippen molar-refractivity contribution in [1.82, 2.24) is 14.9 Å². The summed E-state index contributed by atoms with van der Waals surface area (Å²) in [5, 5.41) is 9.09. The van der Waals surface area contributed by atoms with Gasteiger partial charge in [0, 0.05) is 43.9 Å². The molecule has 2 aliphatic rings. The number of carbonyl (C=O) groups is 1. The Morgan fingerprint density at radius 3 is 2.64 bits per heavy atom. The minimum atomic E-state index is -0.679. The van der Waals surface area contributed by atoms with Crippen LogP contribution >= 0.6 is 0 Å². The zero-order chi connectivity index (χ0) is 15.7. The SMILES string of the molecule is CCN1CCc2nc(N3CCC(C(=O)O)CC3)nc(C)c2C1. The van der Waals surface area contributed by atoms with Crippen LogP contribution in [0.1, 0.15) is 36.7 Å². The third-order valence-corrected chi connectivity index (χ3v) is 4.91. The number of nitrogens with zero attached hydrogens (tertiary/aromatic N) is 4. The Balaban J connectivity index is 1.76. The number of piperidine rings is 1.